The van der Waals surface area contributed by atoms with E-state index >= 15 is 0 Å². The maximum atomic E-state index is 12.2. The van der Waals surface area contributed by atoms with Crippen LogP contribution in [0, 0.1) is 0 Å². The van der Waals surface area contributed by atoms with Gasteiger partial charge in [-0.1, -0.05) is 46.3 Å². The van der Waals surface area contributed by atoms with Crippen LogP contribution >= 0.6 is 15.9 Å². The lowest BCUT2D eigenvalue weighted by Crippen LogP contribution is -2.47. The summed E-state index contributed by atoms with van der Waals surface area (Å²) in [5.41, 5.74) is 0.640. The largest absolute Gasteiger partial charge is 0.214 e. The maximum Gasteiger partial charge on any atom is 0.214 e. The summed E-state index contributed by atoms with van der Waals surface area (Å²) in [6.45, 7) is 3.81. The molecule has 0 unspecified atom stereocenters. The van der Waals surface area contributed by atoms with E-state index in [0.717, 1.165) is 5.56 Å². The summed E-state index contributed by atoms with van der Waals surface area (Å²) in [5, 5.41) is 0.612. The zero-order chi connectivity index (χ0) is 13.8. The molecule has 0 amide bonds. The number of alkyl halides is 1. The molecule has 0 aliphatic heterocycles. The van der Waals surface area contributed by atoms with Gasteiger partial charge in [0, 0.05) is 17.9 Å². The normalized spacial score (nSPS) is 12.9. The predicted octanol–water partition coefficient (Wildman–Crippen LogP) is 2.66. The van der Waals surface area contributed by atoms with Crippen molar-refractivity contribution in [3.63, 3.8) is 0 Å². The van der Waals surface area contributed by atoms with Crippen molar-refractivity contribution < 1.29 is 8.42 Å². The third-order valence-corrected chi connectivity index (χ3v) is 6.51. The van der Waals surface area contributed by atoms with Gasteiger partial charge in [-0.2, -0.15) is 4.31 Å². The zero-order valence-electron chi connectivity index (χ0n) is 11.1. The van der Waals surface area contributed by atoms with E-state index < -0.39 is 15.6 Å². The molecule has 0 spiro atoms. The Labute approximate surface area is 118 Å². The van der Waals surface area contributed by atoms with E-state index in [1.807, 2.05) is 44.2 Å². The van der Waals surface area contributed by atoms with Crippen molar-refractivity contribution in [1.29, 1.82) is 0 Å². The Bertz CT molecular complexity index is 471. The van der Waals surface area contributed by atoms with Gasteiger partial charge in [-0.25, -0.2) is 8.42 Å². The Morgan fingerprint density at radius 2 is 1.78 bits per heavy atom. The van der Waals surface area contributed by atoms with Crippen LogP contribution in [-0.4, -0.2) is 36.4 Å². The lowest BCUT2D eigenvalue weighted by molar-refractivity contribution is 0.299. The first-order chi connectivity index (χ1) is 8.29. The Hall–Kier alpha value is -0.390. The number of nitrogens with zero attached hydrogens (tertiary/aromatic N) is 1. The zero-order valence-corrected chi connectivity index (χ0v) is 13.5. The quantitative estimate of drug-likeness (QED) is 0.750. The summed E-state index contributed by atoms with van der Waals surface area (Å²) in [5.74, 6) is 0.143. The molecule has 0 fully saturated rings. The monoisotopic (exact) mass is 333 g/mol. The van der Waals surface area contributed by atoms with E-state index in [2.05, 4.69) is 15.9 Å². The molecule has 0 saturated carbocycles. The first-order valence-electron chi connectivity index (χ1n) is 5.86. The molecular weight excluding hydrogens is 314 g/mol. The van der Waals surface area contributed by atoms with Crippen molar-refractivity contribution in [2.75, 3.05) is 18.1 Å². The Morgan fingerprint density at radius 3 is 2.28 bits per heavy atom. The average Bonchev–Trinajstić information content (AvgIpc) is 2.37. The summed E-state index contributed by atoms with van der Waals surface area (Å²) in [6, 6.07) is 9.68. The van der Waals surface area contributed by atoms with Crippen molar-refractivity contribution >= 4 is 26.0 Å². The fourth-order valence-corrected chi connectivity index (χ4v) is 3.62. The smallest absolute Gasteiger partial charge is 0.212 e. The highest BCUT2D eigenvalue weighted by Crippen LogP contribution is 2.19. The van der Waals surface area contributed by atoms with Gasteiger partial charge in [0.1, 0.15) is 0 Å². The molecule has 102 valence electrons. The van der Waals surface area contributed by atoms with Gasteiger partial charge in [-0.3, -0.25) is 0 Å². The molecule has 0 aromatic heterocycles. The molecule has 0 radical (unpaired) electrons. The topological polar surface area (TPSA) is 37.4 Å². The number of benzene rings is 1. The summed E-state index contributed by atoms with van der Waals surface area (Å²) >= 11 is 3.35. The van der Waals surface area contributed by atoms with E-state index in [0.29, 0.717) is 11.8 Å². The predicted molar refractivity (Wildman–Crippen MR) is 79.6 cm³/mol. The number of sulfonamides is 1. The Kier molecular flexibility index (Phi) is 5.37. The van der Waals surface area contributed by atoms with Gasteiger partial charge in [-0.05, 0) is 25.8 Å². The molecule has 3 nitrogen and oxygen atoms in total. The van der Waals surface area contributed by atoms with Crippen molar-refractivity contribution in [3.05, 3.63) is 35.9 Å². The van der Waals surface area contributed by atoms with Crippen LogP contribution < -0.4 is 0 Å². The molecule has 5 heteroatoms. The van der Waals surface area contributed by atoms with Crippen LogP contribution in [0.15, 0.2) is 30.3 Å². The van der Waals surface area contributed by atoms with Gasteiger partial charge < -0.3 is 0 Å². The highest BCUT2D eigenvalue weighted by molar-refractivity contribution is 9.09. The lowest BCUT2D eigenvalue weighted by atomic mass is 10.1. The number of halogens is 1. The molecule has 1 rings (SSSR count). The minimum atomic E-state index is -3.22. The summed E-state index contributed by atoms with van der Waals surface area (Å²) in [6.07, 6.45) is 0.547. The number of aryl methyl sites for hydroxylation is 1. The fraction of sp³-hybridized carbons (Fsp3) is 0.538. The van der Waals surface area contributed by atoms with Crippen LogP contribution in [0.3, 0.4) is 0 Å². The van der Waals surface area contributed by atoms with Gasteiger partial charge in [0.05, 0.1) is 5.75 Å². The van der Waals surface area contributed by atoms with Crippen molar-refractivity contribution in [2.45, 2.75) is 25.8 Å². The SMILES string of the molecule is CN(C(C)(C)CBr)S(=O)(=O)CCc1ccccc1. The van der Waals surface area contributed by atoms with Crippen LogP contribution in [0.25, 0.3) is 0 Å². The van der Waals surface area contributed by atoms with Crippen LogP contribution in [0.1, 0.15) is 19.4 Å². The second-order valence-electron chi connectivity index (χ2n) is 4.97. The van der Waals surface area contributed by atoms with E-state index in [-0.39, 0.29) is 5.75 Å². The molecule has 0 aliphatic carbocycles. The number of hydrogen-bond acceptors (Lipinski definition) is 2. The minimum absolute atomic E-state index is 0.143. The third-order valence-electron chi connectivity index (χ3n) is 3.09. The van der Waals surface area contributed by atoms with Crippen LogP contribution in [-0.2, 0) is 16.4 Å². The Morgan fingerprint density at radius 1 is 1.22 bits per heavy atom. The molecule has 0 bridgehead atoms. The molecular formula is C13H20BrNO2S. The molecule has 0 aliphatic rings. The molecule has 0 atom stereocenters. The fourth-order valence-electron chi connectivity index (χ4n) is 1.49. The summed E-state index contributed by atoms with van der Waals surface area (Å²) in [7, 11) is -1.58. The maximum absolute atomic E-state index is 12.2. The molecule has 18 heavy (non-hydrogen) atoms. The average molecular weight is 334 g/mol. The van der Waals surface area contributed by atoms with E-state index in [1.54, 1.807) is 7.05 Å². The molecule has 0 heterocycles. The lowest BCUT2D eigenvalue weighted by Gasteiger charge is -2.33. The third kappa shape index (κ3) is 4.07. The second kappa shape index (κ2) is 6.17. The van der Waals surface area contributed by atoms with E-state index in [9.17, 15) is 8.42 Å². The van der Waals surface area contributed by atoms with Gasteiger partial charge in [0.15, 0.2) is 0 Å². The minimum Gasteiger partial charge on any atom is -0.212 e. The summed E-state index contributed by atoms with van der Waals surface area (Å²) < 4.78 is 25.9. The number of hydrogen-bond donors (Lipinski definition) is 0. The van der Waals surface area contributed by atoms with Crippen LogP contribution in [0.5, 0.6) is 0 Å². The van der Waals surface area contributed by atoms with E-state index in [4.69, 9.17) is 0 Å². The van der Waals surface area contributed by atoms with Crippen LogP contribution in [0.4, 0.5) is 0 Å². The first kappa shape index (κ1) is 15.7. The van der Waals surface area contributed by atoms with Gasteiger partial charge in [-0.15, -0.1) is 0 Å². The van der Waals surface area contributed by atoms with Crippen molar-refractivity contribution in [2.24, 2.45) is 0 Å². The molecule has 1 aromatic carbocycles. The van der Waals surface area contributed by atoms with Gasteiger partial charge in [0.25, 0.3) is 0 Å². The summed E-state index contributed by atoms with van der Waals surface area (Å²) in [4.78, 5) is 0. The number of rotatable bonds is 6. The molecule has 1 aromatic rings. The molecule has 0 saturated heterocycles. The second-order valence-corrected chi connectivity index (χ2v) is 7.65. The highest BCUT2D eigenvalue weighted by atomic mass is 79.9. The molecule has 0 N–H and O–H groups in total. The van der Waals surface area contributed by atoms with Crippen molar-refractivity contribution in [3.8, 4) is 0 Å². The first-order valence-corrected chi connectivity index (χ1v) is 8.59. The standard InChI is InChI=1S/C13H20BrNO2S/c1-13(2,11-14)15(3)18(16,17)10-9-12-7-5-4-6-8-12/h4-8H,9-11H2,1-3H3. The van der Waals surface area contributed by atoms with E-state index in [1.165, 1.54) is 4.31 Å². The van der Waals surface area contributed by atoms with Gasteiger partial charge >= 0.3 is 0 Å². The highest BCUT2D eigenvalue weighted by Gasteiger charge is 2.31. The Balaban J connectivity index is 2.71. The van der Waals surface area contributed by atoms with Gasteiger partial charge in [0.2, 0.25) is 10.0 Å². The van der Waals surface area contributed by atoms with Crippen LogP contribution in [0.2, 0.25) is 0 Å². The van der Waals surface area contributed by atoms with Crippen molar-refractivity contribution in [1.82, 2.24) is 4.31 Å².